The normalized spacial score (nSPS) is 20.2. The molecule has 1 aromatic heterocycles. The Hall–Kier alpha value is -4.36. The third-order valence-electron chi connectivity index (χ3n) is 10.7. The number of anilines is 1. The summed E-state index contributed by atoms with van der Waals surface area (Å²) in [5.74, 6) is -1.46. The Kier molecular flexibility index (Phi) is 34.7. The van der Waals surface area contributed by atoms with Gasteiger partial charge in [-0.25, -0.2) is 13.9 Å². The highest BCUT2D eigenvalue weighted by Gasteiger charge is 2.46. The minimum Gasteiger partial charge on any atom is -0.462 e. The van der Waals surface area contributed by atoms with E-state index in [0.717, 1.165) is 68.6 Å². The molecule has 1 saturated heterocycles. The summed E-state index contributed by atoms with van der Waals surface area (Å²) in [4.78, 5) is 61.9. The zero-order valence-electron chi connectivity index (χ0n) is 42.5. The first-order valence-electron chi connectivity index (χ1n) is 25.3. The number of carbonyl (C=O) groups is 2. The number of hydrogen-bond acceptors (Lipinski definition) is 16. The number of nitrogen functional groups attached to an aromatic ring is 1. The van der Waals surface area contributed by atoms with Crippen molar-refractivity contribution in [2.75, 3.05) is 25.6 Å². The summed E-state index contributed by atoms with van der Waals surface area (Å²) in [6.07, 6.45) is 40.6. The van der Waals surface area contributed by atoms with Crippen LogP contribution in [0.2, 0.25) is 0 Å². The van der Waals surface area contributed by atoms with Crippen molar-refractivity contribution in [2.24, 2.45) is 0 Å². The highest BCUT2D eigenvalue weighted by molar-refractivity contribution is 7.61. The molecule has 0 amide bonds. The third kappa shape index (κ3) is 32.5. The predicted octanol–water partition coefficient (Wildman–Crippen LogP) is 9.41. The number of phosphoric ester groups is 2. The van der Waals surface area contributed by atoms with Gasteiger partial charge in [-0.15, -0.1) is 0 Å². The third-order valence-corrected chi connectivity index (χ3v) is 13.3. The average Bonchev–Trinajstić information content (AvgIpc) is 3.62. The van der Waals surface area contributed by atoms with Gasteiger partial charge < -0.3 is 45.1 Å². The molecule has 1 aliphatic heterocycles. The lowest BCUT2D eigenvalue weighted by atomic mass is 10.1. The zero-order valence-corrected chi connectivity index (χ0v) is 44.3. The van der Waals surface area contributed by atoms with Crippen LogP contribution in [0.15, 0.2) is 114 Å². The van der Waals surface area contributed by atoms with E-state index < -0.39 is 83.7 Å². The summed E-state index contributed by atoms with van der Waals surface area (Å²) in [5, 5.41) is 30.2. The summed E-state index contributed by atoms with van der Waals surface area (Å²) in [6, 6.07) is 1.24. The number of hydrogen-bond donors (Lipinski definition) is 6. The summed E-state index contributed by atoms with van der Waals surface area (Å²) < 4.78 is 56.6. The van der Waals surface area contributed by atoms with Gasteiger partial charge in [0.25, 0.3) is 0 Å². The van der Waals surface area contributed by atoms with Crippen LogP contribution in [-0.4, -0.2) is 96.9 Å². The van der Waals surface area contributed by atoms with Crippen LogP contribution in [0.25, 0.3) is 0 Å². The second-order valence-corrected chi connectivity index (χ2v) is 20.3. The van der Waals surface area contributed by atoms with Gasteiger partial charge in [-0.2, -0.15) is 9.29 Å². The van der Waals surface area contributed by atoms with Crippen molar-refractivity contribution >= 4 is 33.4 Å². The topological polar surface area (TPSA) is 286 Å². The largest absolute Gasteiger partial charge is 0.481 e. The first-order valence-corrected chi connectivity index (χ1v) is 28.3. The summed E-state index contributed by atoms with van der Waals surface area (Å²) in [7, 11) is -10.9. The minimum absolute atomic E-state index is 0.0274. The first-order chi connectivity index (χ1) is 35.0. The number of carbonyl (C=O) groups excluding carboxylic acids is 2. The SMILES string of the molecule is CCCCC/C=C\C/C=C\C/C=C\C/C=C\CCCC(=O)OC[C@H](COP(=O)(O)OP(=O)(O)OC[C@H]1O[C@@H](n2ccc(N)nc2=O)[C@H](O)[C@@H]1O)OC(=O)CCC/C=C\C/C=C\C/C=C\C/C=C\CCC[C@H](C)O. The van der Waals surface area contributed by atoms with Crippen molar-refractivity contribution in [3.8, 4) is 0 Å². The van der Waals surface area contributed by atoms with E-state index in [1.165, 1.54) is 25.3 Å². The van der Waals surface area contributed by atoms with E-state index >= 15 is 0 Å². The molecule has 1 aromatic rings. The molecule has 8 atom stereocenters. The van der Waals surface area contributed by atoms with Crippen LogP contribution >= 0.6 is 15.6 Å². The Balaban J connectivity index is 1.86. The van der Waals surface area contributed by atoms with E-state index in [9.17, 15) is 48.6 Å². The summed E-state index contributed by atoms with van der Waals surface area (Å²) in [5.41, 5.74) is 4.57. The molecule has 2 heterocycles. The monoisotopic (exact) mass is 1070 g/mol. The number of aromatic nitrogens is 2. The van der Waals surface area contributed by atoms with E-state index in [1.54, 1.807) is 6.92 Å². The van der Waals surface area contributed by atoms with Crippen molar-refractivity contribution in [3.63, 3.8) is 0 Å². The molecule has 1 fully saturated rings. The van der Waals surface area contributed by atoms with Crippen LogP contribution in [0, 0.1) is 0 Å². The van der Waals surface area contributed by atoms with Crippen molar-refractivity contribution in [2.45, 2.75) is 173 Å². The second kappa shape index (κ2) is 39.1. The van der Waals surface area contributed by atoms with Gasteiger partial charge in [-0.05, 0) is 109 Å². The molecule has 7 N–H and O–H groups in total. The molecule has 0 aliphatic carbocycles. The molecule has 2 rings (SSSR count). The van der Waals surface area contributed by atoms with Crippen molar-refractivity contribution in [1.29, 1.82) is 0 Å². The Morgan fingerprint density at radius 2 is 1.19 bits per heavy atom. The van der Waals surface area contributed by atoms with Gasteiger partial charge in [0.1, 0.15) is 30.7 Å². The molecular weight excluding hydrogens is 985 g/mol. The maximum absolute atomic E-state index is 12.8. The van der Waals surface area contributed by atoms with Gasteiger partial charge in [0.05, 0.1) is 19.3 Å². The summed E-state index contributed by atoms with van der Waals surface area (Å²) in [6.45, 7) is 1.55. The van der Waals surface area contributed by atoms with Gasteiger partial charge in [-0.3, -0.25) is 23.2 Å². The van der Waals surface area contributed by atoms with Gasteiger partial charge in [-0.1, -0.05) is 117 Å². The van der Waals surface area contributed by atoms with Crippen LogP contribution in [0.4, 0.5) is 5.82 Å². The average molecular weight is 1070 g/mol. The predicted molar refractivity (Wildman–Crippen MR) is 281 cm³/mol. The molecular formula is C52H81N3O16P2. The molecule has 1 aliphatic rings. The van der Waals surface area contributed by atoms with E-state index in [4.69, 9.17) is 29.0 Å². The van der Waals surface area contributed by atoms with Crippen LogP contribution in [0.1, 0.15) is 142 Å². The molecule has 0 spiro atoms. The van der Waals surface area contributed by atoms with E-state index in [2.05, 4.69) is 83.1 Å². The number of esters is 2. The Morgan fingerprint density at radius 1 is 0.712 bits per heavy atom. The van der Waals surface area contributed by atoms with Crippen molar-refractivity contribution < 1.29 is 71.4 Å². The fourth-order valence-corrected chi connectivity index (χ4v) is 8.84. The first kappa shape index (κ1) is 64.8. The Bertz CT molecular complexity index is 2120. The standard InChI is InChI=1S/C52H81N3O16P2/c1-3-4-5-6-7-8-9-10-11-12-15-18-21-24-27-30-33-36-47(57)66-40-44(69-48(58)37-34-31-28-25-22-19-16-13-14-17-20-23-26-29-32-35-43(2)56)41-67-72(62,63)71-73(64,65)68-42-45-49(59)50(60)51(70-45)55-39-38-46(53)54-52(55)61/h7-8,10-11,14-19,23-28,38-39,43-45,49-51,56,59-60H,3-6,9,12-13,20-22,29-37,40-42H2,1-2H3,(H,62,63)(H,64,65)(H2,53,54,61)/b8-7-,11-10-,17-14-,18-15-,19-16-,26-23-,27-24-,28-25-/t43-,44+,45+,49+,50+,51+/m0/s1. The molecule has 0 bridgehead atoms. The number of rotatable bonds is 40. The van der Waals surface area contributed by atoms with E-state index in [0.29, 0.717) is 32.1 Å². The number of nitrogens with zero attached hydrogens (tertiary/aromatic N) is 2. The Labute approximate surface area is 431 Å². The van der Waals surface area contributed by atoms with Crippen LogP contribution in [0.3, 0.4) is 0 Å². The van der Waals surface area contributed by atoms with E-state index in [-0.39, 0.29) is 24.8 Å². The molecule has 19 nitrogen and oxygen atoms in total. The lowest BCUT2D eigenvalue weighted by molar-refractivity contribution is -0.161. The number of allylic oxidation sites excluding steroid dienone is 16. The molecule has 410 valence electrons. The van der Waals surface area contributed by atoms with Crippen molar-refractivity contribution in [1.82, 2.24) is 9.55 Å². The number of nitrogens with two attached hydrogens (primary N) is 1. The van der Waals surface area contributed by atoms with Gasteiger partial charge in [0, 0.05) is 19.0 Å². The van der Waals surface area contributed by atoms with Crippen molar-refractivity contribution in [3.05, 3.63) is 120 Å². The summed E-state index contributed by atoms with van der Waals surface area (Å²) >= 11 is 0. The molecule has 0 aromatic carbocycles. The number of aliphatic hydroxyl groups excluding tert-OH is 3. The van der Waals surface area contributed by atoms with Crippen LogP contribution < -0.4 is 11.4 Å². The fourth-order valence-electron chi connectivity index (χ4n) is 6.73. The highest BCUT2D eigenvalue weighted by Crippen LogP contribution is 2.60. The molecule has 21 heteroatoms. The molecule has 2 unspecified atom stereocenters. The van der Waals surface area contributed by atoms with Gasteiger partial charge in [0.2, 0.25) is 0 Å². The molecule has 73 heavy (non-hydrogen) atoms. The van der Waals surface area contributed by atoms with Crippen LogP contribution in [0.5, 0.6) is 0 Å². The Morgan fingerprint density at radius 3 is 1.70 bits per heavy atom. The smallest absolute Gasteiger partial charge is 0.462 e. The fraction of sp³-hybridized carbons (Fsp3) is 0.577. The number of ether oxygens (including phenoxy) is 3. The number of unbranched alkanes of at least 4 members (excludes halogenated alkanes) is 6. The maximum Gasteiger partial charge on any atom is 0.481 e. The second-order valence-electron chi connectivity index (χ2n) is 17.2. The van der Waals surface area contributed by atoms with Gasteiger partial charge >= 0.3 is 33.3 Å². The molecule has 0 radical (unpaired) electrons. The molecule has 0 saturated carbocycles. The zero-order chi connectivity index (χ0) is 53.6. The lowest BCUT2D eigenvalue weighted by Gasteiger charge is -2.21. The van der Waals surface area contributed by atoms with Gasteiger partial charge in [0.15, 0.2) is 12.3 Å². The minimum atomic E-state index is -5.46. The van der Waals surface area contributed by atoms with E-state index in [1.807, 2.05) is 30.4 Å². The maximum atomic E-state index is 12.8. The number of phosphoric acid groups is 2. The highest BCUT2D eigenvalue weighted by atomic mass is 31.3. The quantitative estimate of drug-likeness (QED) is 0.0154. The lowest BCUT2D eigenvalue weighted by Crippen LogP contribution is -2.36. The number of aliphatic hydroxyl groups is 3. The van der Waals surface area contributed by atoms with Crippen LogP contribution in [-0.2, 0) is 46.3 Å².